The molecule has 0 aromatic rings. The summed E-state index contributed by atoms with van der Waals surface area (Å²) >= 11 is 0. The largest absolute Gasteiger partial charge is 0.308 e. The second-order valence-corrected chi connectivity index (χ2v) is 2.14. The fraction of sp³-hybridized carbons (Fsp3) is 0.500. The van der Waals surface area contributed by atoms with Crippen molar-refractivity contribution in [3.05, 3.63) is 11.1 Å². The Morgan fingerprint density at radius 1 is 1.40 bits per heavy atom. The summed E-state index contributed by atoms with van der Waals surface area (Å²) in [5.41, 5.74) is 2.04. The highest BCUT2D eigenvalue weighted by atomic mass is 14.7. The normalized spacial score (nSPS) is 13.5. The monoisotopic (exact) mass is 138 g/mol. The number of nitrogens with one attached hydrogen (secondary N) is 1. The van der Waals surface area contributed by atoms with E-state index in [1.807, 2.05) is 20.8 Å². The molecule has 0 bridgehead atoms. The van der Waals surface area contributed by atoms with E-state index in [4.69, 9.17) is 5.41 Å². The van der Waals surface area contributed by atoms with E-state index in [2.05, 4.69) is 4.99 Å². The summed E-state index contributed by atoms with van der Waals surface area (Å²) in [6.07, 6.45) is 3.15. The molecular formula is C8H14N2. The van der Waals surface area contributed by atoms with Crippen LogP contribution in [0.5, 0.6) is 0 Å². The first kappa shape index (κ1) is 9.08. The van der Waals surface area contributed by atoms with Crippen molar-refractivity contribution in [3.8, 4) is 0 Å². The van der Waals surface area contributed by atoms with Gasteiger partial charge in [-0.05, 0) is 31.9 Å². The van der Waals surface area contributed by atoms with E-state index in [1.165, 1.54) is 6.21 Å². The fourth-order valence-corrected chi connectivity index (χ4v) is 0.444. The van der Waals surface area contributed by atoms with Crippen molar-refractivity contribution < 1.29 is 0 Å². The van der Waals surface area contributed by atoms with Gasteiger partial charge in [0.25, 0.3) is 0 Å². The molecule has 10 heavy (non-hydrogen) atoms. The molecule has 0 aliphatic heterocycles. The molecule has 0 fully saturated rings. The number of allylic oxidation sites excluding steroid dienone is 2. The molecule has 0 spiro atoms. The Balaban J connectivity index is 4.17. The average Bonchev–Trinajstić information content (AvgIpc) is 1.98. The molecule has 0 atom stereocenters. The molecule has 0 aromatic heterocycles. The molecule has 56 valence electrons. The first-order chi connectivity index (χ1) is 4.72. The van der Waals surface area contributed by atoms with Crippen LogP contribution in [-0.4, -0.2) is 19.0 Å². The fourth-order valence-electron chi connectivity index (χ4n) is 0.444. The van der Waals surface area contributed by atoms with Gasteiger partial charge in [-0.25, -0.2) is 0 Å². The Morgan fingerprint density at radius 2 is 2.00 bits per heavy atom. The quantitative estimate of drug-likeness (QED) is 0.579. The van der Waals surface area contributed by atoms with Gasteiger partial charge in [-0.3, -0.25) is 4.99 Å². The predicted molar refractivity (Wildman–Crippen MR) is 46.2 cm³/mol. The van der Waals surface area contributed by atoms with Crippen LogP contribution in [-0.2, 0) is 0 Å². The third kappa shape index (κ3) is 3.17. The third-order valence-corrected chi connectivity index (χ3v) is 1.31. The van der Waals surface area contributed by atoms with E-state index in [1.54, 1.807) is 6.21 Å². The van der Waals surface area contributed by atoms with Crippen LogP contribution < -0.4 is 0 Å². The van der Waals surface area contributed by atoms with Crippen LogP contribution in [0.4, 0.5) is 0 Å². The summed E-state index contributed by atoms with van der Waals surface area (Å²) in [6.45, 7) is 6.66. The minimum absolute atomic E-state index is 0.808. The van der Waals surface area contributed by atoms with Crippen molar-refractivity contribution in [1.29, 1.82) is 5.41 Å². The molecule has 0 aliphatic carbocycles. The summed E-state index contributed by atoms with van der Waals surface area (Å²) in [5.74, 6) is 0. The lowest BCUT2D eigenvalue weighted by Crippen LogP contribution is -1.86. The molecule has 0 saturated carbocycles. The van der Waals surface area contributed by atoms with Crippen LogP contribution in [0, 0.1) is 5.41 Å². The number of hydrogen-bond acceptors (Lipinski definition) is 2. The standard InChI is InChI=1S/C8H14N2/c1-4-10-6-8(3)7(2)5-9/h5-6,9H,4H2,1-3H3/b8-7+,9-5?,10-6?. The molecule has 0 amide bonds. The highest BCUT2D eigenvalue weighted by Crippen LogP contribution is 1.95. The van der Waals surface area contributed by atoms with Gasteiger partial charge in [0.1, 0.15) is 0 Å². The first-order valence-electron chi connectivity index (χ1n) is 3.40. The van der Waals surface area contributed by atoms with Crippen molar-refractivity contribution in [2.24, 2.45) is 4.99 Å². The Kier molecular flexibility index (Phi) is 4.46. The SMILES string of the molecule is CCN=C/C(C)=C(\C)C=N. The van der Waals surface area contributed by atoms with Crippen LogP contribution >= 0.6 is 0 Å². The molecule has 0 aliphatic rings. The average molecular weight is 138 g/mol. The van der Waals surface area contributed by atoms with Gasteiger partial charge in [-0.1, -0.05) is 0 Å². The van der Waals surface area contributed by atoms with Crippen molar-refractivity contribution in [2.45, 2.75) is 20.8 Å². The van der Waals surface area contributed by atoms with Gasteiger partial charge in [0, 0.05) is 19.0 Å². The minimum Gasteiger partial charge on any atom is -0.308 e. The lowest BCUT2D eigenvalue weighted by atomic mass is 10.2. The molecule has 0 heterocycles. The zero-order chi connectivity index (χ0) is 7.98. The third-order valence-electron chi connectivity index (χ3n) is 1.31. The van der Waals surface area contributed by atoms with E-state index in [9.17, 15) is 0 Å². The van der Waals surface area contributed by atoms with Crippen molar-refractivity contribution in [3.63, 3.8) is 0 Å². The van der Waals surface area contributed by atoms with Gasteiger partial charge in [0.2, 0.25) is 0 Å². The van der Waals surface area contributed by atoms with Gasteiger partial charge < -0.3 is 5.41 Å². The van der Waals surface area contributed by atoms with E-state index in [-0.39, 0.29) is 0 Å². The Bertz CT molecular complexity index is 166. The van der Waals surface area contributed by atoms with Crippen LogP contribution in [0.2, 0.25) is 0 Å². The maximum Gasteiger partial charge on any atom is 0.0361 e. The number of aliphatic imine (C=N–C) groups is 1. The van der Waals surface area contributed by atoms with Crippen molar-refractivity contribution >= 4 is 12.4 Å². The molecule has 0 unspecified atom stereocenters. The maximum atomic E-state index is 6.93. The number of rotatable bonds is 3. The van der Waals surface area contributed by atoms with Gasteiger partial charge >= 0.3 is 0 Å². The second-order valence-electron chi connectivity index (χ2n) is 2.14. The molecule has 1 N–H and O–H groups in total. The van der Waals surface area contributed by atoms with Crippen molar-refractivity contribution in [2.75, 3.05) is 6.54 Å². The first-order valence-corrected chi connectivity index (χ1v) is 3.40. The lowest BCUT2D eigenvalue weighted by Gasteiger charge is -1.92. The molecule has 0 rings (SSSR count). The van der Waals surface area contributed by atoms with E-state index in [0.29, 0.717) is 0 Å². The molecular weight excluding hydrogens is 124 g/mol. The van der Waals surface area contributed by atoms with Crippen LogP contribution in [0.25, 0.3) is 0 Å². The van der Waals surface area contributed by atoms with Gasteiger partial charge in [0.15, 0.2) is 0 Å². The van der Waals surface area contributed by atoms with E-state index >= 15 is 0 Å². The zero-order valence-electron chi connectivity index (χ0n) is 6.81. The molecule has 0 aromatic carbocycles. The molecule has 0 radical (unpaired) electrons. The summed E-state index contributed by atoms with van der Waals surface area (Å²) in [5, 5.41) is 6.93. The minimum atomic E-state index is 0.808. The summed E-state index contributed by atoms with van der Waals surface area (Å²) in [6, 6.07) is 0. The van der Waals surface area contributed by atoms with Crippen LogP contribution in [0.3, 0.4) is 0 Å². The van der Waals surface area contributed by atoms with Gasteiger partial charge in [-0.15, -0.1) is 0 Å². The Hall–Kier alpha value is -0.920. The smallest absolute Gasteiger partial charge is 0.0361 e. The van der Waals surface area contributed by atoms with Gasteiger partial charge in [0.05, 0.1) is 0 Å². The Labute approximate surface area is 62.2 Å². The lowest BCUT2D eigenvalue weighted by molar-refractivity contribution is 1.14. The Morgan fingerprint density at radius 3 is 2.40 bits per heavy atom. The van der Waals surface area contributed by atoms with E-state index in [0.717, 1.165) is 17.7 Å². The highest BCUT2D eigenvalue weighted by molar-refractivity contribution is 5.88. The molecule has 2 heteroatoms. The highest BCUT2D eigenvalue weighted by Gasteiger charge is 1.86. The zero-order valence-corrected chi connectivity index (χ0v) is 6.81. The van der Waals surface area contributed by atoms with E-state index < -0.39 is 0 Å². The van der Waals surface area contributed by atoms with Gasteiger partial charge in [-0.2, -0.15) is 0 Å². The topological polar surface area (TPSA) is 36.2 Å². The molecule has 2 nitrogen and oxygen atoms in total. The van der Waals surface area contributed by atoms with Crippen LogP contribution in [0.15, 0.2) is 16.1 Å². The van der Waals surface area contributed by atoms with Crippen molar-refractivity contribution in [1.82, 2.24) is 0 Å². The van der Waals surface area contributed by atoms with Crippen LogP contribution in [0.1, 0.15) is 20.8 Å². The summed E-state index contributed by atoms with van der Waals surface area (Å²) in [7, 11) is 0. The maximum absolute atomic E-state index is 6.93. The number of hydrogen-bond donors (Lipinski definition) is 1. The molecule has 0 saturated heterocycles. The predicted octanol–water partition coefficient (Wildman–Crippen LogP) is 2.06. The second kappa shape index (κ2) is 4.91. The summed E-state index contributed by atoms with van der Waals surface area (Å²) in [4.78, 5) is 4.05. The summed E-state index contributed by atoms with van der Waals surface area (Å²) < 4.78 is 0. The number of nitrogens with zero attached hydrogens (tertiary/aromatic N) is 1.